The molecule has 2 saturated heterocycles. The predicted octanol–water partition coefficient (Wildman–Crippen LogP) is 4.88. The van der Waals surface area contributed by atoms with Crippen LogP contribution >= 0.6 is 11.8 Å². The summed E-state index contributed by atoms with van der Waals surface area (Å²) in [5, 5.41) is 0. The first-order valence-corrected chi connectivity index (χ1v) is 13.4. The maximum Gasteiger partial charge on any atom is 0.269 e. The minimum atomic E-state index is -1.03. The number of rotatable bonds is 5. The smallest absolute Gasteiger partial charge is 0.269 e. The van der Waals surface area contributed by atoms with E-state index in [1.54, 1.807) is 4.90 Å². The average Bonchev–Trinajstić information content (AvgIpc) is 3.37. The second kappa shape index (κ2) is 9.17. The Kier molecular flexibility index (Phi) is 5.86. The summed E-state index contributed by atoms with van der Waals surface area (Å²) in [7, 11) is 0. The molecule has 0 aromatic heterocycles. The van der Waals surface area contributed by atoms with Crippen molar-refractivity contribution in [1.82, 2.24) is 4.90 Å². The van der Waals surface area contributed by atoms with E-state index in [0.29, 0.717) is 18.3 Å². The van der Waals surface area contributed by atoms with Crippen molar-refractivity contribution in [3.8, 4) is 0 Å². The molecule has 0 radical (unpaired) electrons. The largest absolute Gasteiger partial charge is 0.295 e. The monoisotopic (exact) mass is 483 g/mol. The van der Waals surface area contributed by atoms with Gasteiger partial charge in [-0.3, -0.25) is 24.3 Å². The predicted molar refractivity (Wildman–Crippen MR) is 141 cm³/mol. The number of piperidine rings is 1. The molecule has 178 valence electrons. The summed E-state index contributed by atoms with van der Waals surface area (Å²) in [5.74, 6) is 0.948. The molecule has 3 aliphatic rings. The molecular formula is C29H29N3O2S. The van der Waals surface area contributed by atoms with Gasteiger partial charge in [-0.1, -0.05) is 66.7 Å². The number of hydrogen-bond acceptors (Lipinski definition) is 4. The molecule has 1 atom stereocenters. The lowest BCUT2D eigenvalue weighted by atomic mass is 9.90. The number of thioether (sulfide) groups is 1. The van der Waals surface area contributed by atoms with Crippen LogP contribution in [-0.2, 0) is 20.9 Å². The number of hydrogen-bond donors (Lipinski definition) is 0. The Morgan fingerprint density at radius 3 is 2.23 bits per heavy atom. The standard InChI is InChI=1S/C29H29N3O2S/c33-27-20-35-29(32(27)24-11-5-2-6-12-24)25-13-7-8-14-26(25)31(28(29)34)21-30-17-15-23(16-18-30)19-22-9-3-1-4-10-22/h1-14,23H,15-21H2. The number of likely N-dealkylation sites (tertiary alicyclic amines) is 1. The van der Waals surface area contributed by atoms with Gasteiger partial charge in [-0.2, -0.15) is 0 Å². The Hall–Kier alpha value is -3.09. The van der Waals surface area contributed by atoms with Crippen molar-refractivity contribution >= 4 is 35.0 Å². The number of amides is 2. The molecule has 5 nitrogen and oxygen atoms in total. The molecule has 3 aromatic rings. The van der Waals surface area contributed by atoms with E-state index >= 15 is 0 Å². The quantitative estimate of drug-likeness (QED) is 0.519. The van der Waals surface area contributed by atoms with Gasteiger partial charge in [0, 0.05) is 24.3 Å². The van der Waals surface area contributed by atoms with Crippen LogP contribution in [0.1, 0.15) is 24.0 Å². The van der Waals surface area contributed by atoms with Gasteiger partial charge >= 0.3 is 0 Å². The van der Waals surface area contributed by atoms with Crippen molar-refractivity contribution in [2.45, 2.75) is 24.1 Å². The second-order valence-corrected chi connectivity index (χ2v) is 10.8. The number of para-hydroxylation sites is 2. The van der Waals surface area contributed by atoms with Crippen molar-refractivity contribution in [1.29, 1.82) is 0 Å². The molecule has 1 unspecified atom stereocenters. The fourth-order valence-electron chi connectivity index (χ4n) is 5.75. The number of nitrogens with zero attached hydrogens (tertiary/aromatic N) is 3. The van der Waals surface area contributed by atoms with Gasteiger partial charge in [0.2, 0.25) is 10.8 Å². The Morgan fingerprint density at radius 2 is 1.49 bits per heavy atom. The molecule has 0 bridgehead atoms. The number of anilines is 2. The van der Waals surface area contributed by atoms with Gasteiger partial charge in [-0.15, -0.1) is 11.8 Å². The van der Waals surface area contributed by atoms with Crippen molar-refractivity contribution in [3.63, 3.8) is 0 Å². The van der Waals surface area contributed by atoms with Crippen LogP contribution in [0, 0.1) is 5.92 Å². The van der Waals surface area contributed by atoms with Crippen LogP contribution in [-0.4, -0.2) is 42.2 Å². The molecule has 6 heteroatoms. The second-order valence-electron chi connectivity index (χ2n) is 9.64. The van der Waals surface area contributed by atoms with Crippen molar-refractivity contribution in [2.24, 2.45) is 5.92 Å². The summed E-state index contributed by atoms with van der Waals surface area (Å²) in [4.78, 5) is 32.3. The number of fused-ring (bicyclic) bond motifs is 2. The van der Waals surface area contributed by atoms with Crippen molar-refractivity contribution < 1.29 is 9.59 Å². The van der Waals surface area contributed by atoms with E-state index in [1.165, 1.54) is 17.3 Å². The molecule has 0 saturated carbocycles. The van der Waals surface area contributed by atoms with Gasteiger partial charge in [-0.05, 0) is 48.9 Å². The van der Waals surface area contributed by atoms with Crippen molar-refractivity contribution in [3.05, 3.63) is 96.1 Å². The average molecular weight is 484 g/mol. The van der Waals surface area contributed by atoms with E-state index < -0.39 is 4.87 Å². The van der Waals surface area contributed by atoms with E-state index in [1.807, 2.05) is 59.5 Å². The summed E-state index contributed by atoms with van der Waals surface area (Å²) >= 11 is 1.45. The highest BCUT2D eigenvalue weighted by Gasteiger charge is 2.61. The zero-order valence-electron chi connectivity index (χ0n) is 19.7. The molecule has 2 amide bonds. The molecule has 0 N–H and O–H groups in total. The van der Waals surface area contributed by atoms with Gasteiger partial charge in [0.25, 0.3) is 5.91 Å². The first-order valence-electron chi connectivity index (χ1n) is 12.4. The normalized spacial score (nSPS) is 22.9. The number of carbonyl (C=O) groups excluding carboxylic acids is 2. The summed E-state index contributed by atoms with van der Waals surface area (Å²) in [6, 6.07) is 28.3. The topological polar surface area (TPSA) is 43.9 Å². The van der Waals surface area contributed by atoms with E-state index in [4.69, 9.17) is 0 Å². The molecule has 1 spiro atoms. The van der Waals surface area contributed by atoms with Gasteiger partial charge in [0.1, 0.15) is 0 Å². The fraction of sp³-hybridized carbons (Fsp3) is 0.310. The van der Waals surface area contributed by atoms with E-state index in [-0.39, 0.29) is 11.8 Å². The van der Waals surface area contributed by atoms with Crippen LogP contribution < -0.4 is 9.80 Å². The van der Waals surface area contributed by atoms with Gasteiger partial charge < -0.3 is 0 Å². The van der Waals surface area contributed by atoms with E-state index in [0.717, 1.165) is 49.3 Å². The maximum absolute atomic E-state index is 14.2. The highest BCUT2D eigenvalue weighted by Crippen LogP contribution is 2.55. The van der Waals surface area contributed by atoms with Crippen molar-refractivity contribution in [2.75, 3.05) is 35.3 Å². The van der Waals surface area contributed by atoms with E-state index in [9.17, 15) is 9.59 Å². The summed E-state index contributed by atoms with van der Waals surface area (Å²) < 4.78 is 0. The highest BCUT2D eigenvalue weighted by molar-refractivity contribution is 8.02. The SMILES string of the molecule is O=C1CSC2(C(=O)N(CN3CCC(Cc4ccccc4)CC3)c3ccccc32)N1c1ccccc1. The molecule has 6 rings (SSSR count). The third kappa shape index (κ3) is 3.85. The van der Waals surface area contributed by atoms with Crippen LogP contribution in [0.15, 0.2) is 84.9 Å². The molecular weight excluding hydrogens is 454 g/mol. The van der Waals surface area contributed by atoms with Crippen LogP contribution in [0.3, 0.4) is 0 Å². The van der Waals surface area contributed by atoms with Gasteiger partial charge in [0.15, 0.2) is 0 Å². The lowest BCUT2D eigenvalue weighted by molar-refractivity contribution is -0.124. The zero-order chi connectivity index (χ0) is 23.8. The highest BCUT2D eigenvalue weighted by atomic mass is 32.2. The van der Waals surface area contributed by atoms with Gasteiger partial charge in [-0.25, -0.2) is 0 Å². The van der Waals surface area contributed by atoms with Crippen LogP contribution in [0.25, 0.3) is 0 Å². The van der Waals surface area contributed by atoms with Crippen LogP contribution in [0.4, 0.5) is 11.4 Å². The first kappa shape index (κ1) is 22.4. The lowest BCUT2D eigenvalue weighted by Gasteiger charge is -2.36. The van der Waals surface area contributed by atoms with Gasteiger partial charge in [0.05, 0.1) is 18.1 Å². The third-order valence-electron chi connectivity index (χ3n) is 7.49. The molecule has 3 aromatic carbocycles. The first-order chi connectivity index (χ1) is 17.2. The minimum Gasteiger partial charge on any atom is -0.295 e. The number of benzene rings is 3. The zero-order valence-corrected chi connectivity index (χ0v) is 20.5. The Morgan fingerprint density at radius 1 is 0.829 bits per heavy atom. The molecule has 2 fully saturated rings. The lowest BCUT2D eigenvalue weighted by Crippen LogP contribution is -2.52. The Balaban J connectivity index is 1.23. The fourth-order valence-corrected chi connectivity index (χ4v) is 7.11. The molecule has 3 heterocycles. The van der Waals surface area contributed by atoms with E-state index in [2.05, 4.69) is 35.2 Å². The summed E-state index contributed by atoms with van der Waals surface area (Å²) in [6.07, 6.45) is 3.38. The molecule has 35 heavy (non-hydrogen) atoms. The molecule has 0 aliphatic carbocycles. The Bertz CT molecular complexity index is 1230. The maximum atomic E-state index is 14.2. The van der Waals surface area contributed by atoms with Crippen LogP contribution in [0.5, 0.6) is 0 Å². The minimum absolute atomic E-state index is 0.00943. The molecule has 3 aliphatic heterocycles. The third-order valence-corrected chi connectivity index (χ3v) is 8.88. The number of carbonyl (C=O) groups is 2. The summed E-state index contributed by atoms with van der Waals surface area (Å²) in [6.45, 7) is 2.52. The summed E-state index contributed by atoms with van der Waals surface area (Å²) in [5.41, 5.74) is 4.02. The Labute approximate surface area is 210 Å². The van der Waals surface area contributed by atoms with Crippen LogP contribution in [0.2, 0.25) is 0 Å².